The van der Waals surface area contributed by atoms with Crippen LogP contribution in [0.25, 0.3) is 32.8 Å². The first kappa shape index (κ1) is 11.3. The quantitative estimate of drug-likeness (QED) is 0.486. The molecular formula is C17H13NO2. The maximum Gasteiger partial charge on any atom is 0.346 e. The highest BCUT2D eigenvalue weighted by molar-refractivity contribution is 6.16. The first-order chi connectivity index (χ1) is 9.65. The zero-order valence-corrected chi connectivity index (χ0v) is 11.3. The van der Waals surface area contributed by atoms with Crippen LogP contribution in [0.2, 0.25) is 0 Å². The minimum atomic E-state index is -0.281. The van der Waals surface area contributed by atoms with Crippen molar-refractivity contribution in [3.05, 3.63) is 57.9 Å². The fourth-order valence-corrected chi connectivity index (χ4v) is 3.04. The summed E-state index contributed by atoms with van der Waals surface area (Å²) >= 11 is 0. The molecule has 0 bridgehead atoms. The number of nitrogens with one attached hydrogen (secondary N) is 1. The number of para-hydroxylation sites is 1. The van der Waals surface area contributed by atoms with E-state index in [-0.39, 0.29) is 5.63 Å². The Kier molecular flexibility index (Phi) is 2.11. The van der Waals surface area contributed by atoms with E-state index in [2.05, 4.69) is 24.0 Å². The summed E-state index contributed by atoms with van der Waals surface area (Å²) in [6.07, 6.45) is 0. The van der Waals surface area contributed by atoms with Gasteiger partial charge in [-0.3, -0.25) is 0 Å². The van der Waals surface area contributed by atoms with Crippen LogP contribution < -0.4 is 5.63 Å². The van der Waals surface area contributed by atoms with E-state index in [0.717, 1.165) is 27.4 Å². The lowest BCUT2D eigenvalue weighted by Crippen LogP contribution is -1.98. The Balaban J connectivity index is 2.39. The van der Waals surface area contributed by atoms with Gasteiger partial charge < -0.3 is 9.40 Å². The molecule has 0 spiro atoms. The lowest BCUT2D eigenvalue weighted by molar-refractivity contribution is 0.570. The zero-order chi connectivity index (χ0) is 13.9. The van der Waals surface area contributed by atoms with Gasteiger partial charge in [-0.1, -0.05) is 18.2 Å². The summed E-state index contributed by atoms with van der Waals surface area (Å²) in [7, 11) is 0. The summed E-state index contributed by atoms with van der Waals surface area (Å²) in [5.41, 5.74) is 4.45. The number of fused-ring (bicyclic) bond motifs is 5. The van der Waals surface area contributed by atoms with Crippen molar-refractivity contribution in [3.63, 3.8) is 0 Å². The van der Waals surface area contributed by atoms with Crippen LogP contribution in [0.15, 0.2) is 45.6 Å². The standard InChI is InChI=1S/C17H13NO2/c1-9-7-10(2)14-12(8-9)18-16-11-5-3-4-6-13(11)20-17(19)15(14)16/h3-8,18H,1-2H3. The first-order valence-electron chi connectivity index (χ1n) is 6.59. The third-order valence-corrected chi connectivity index (χ3v) is 3.80. The van der Waals surface area contributed by atoms with E-state index in [4.69, 9.17) is 4.42 Å². The maximum absolute atomic E-state index is 12.3. The van der Waals surface area contributed by atoms with Crippen molar-refractivity contribution < 1.29 is 4.42 Å². The Hall–Kier alpha value is -2.55. The van der Waals surface area contributed by atoms with Crippen molar-refractivity contribution in [2.45, 2.75) is 13.8 Å². The molecule has 0 aliphatic heterocycles. The SMILES string of the molecule is Cc1cc(C)c2c(c1)[nH]c1c3ccccc3oc(=O)c12. The van der Waals surface area contributed by atoms with E-state index >= 15 is 0 Å². The minimum absolute atomic E-state index is 0.281. The number of hydrogen-bond donors (Lipinski definition) is 1. The van der Waals surface area contributed by atoms with Crippen molar-refractivity contribution in [2.24, 2.45) is 0 Å². The topological polar surface area (TPSA) is 46.0 Å². The smallest absolute Gasteiger partial charge is 0.346 e. The molecule has 0 radical (unpaired) electrons. The number of hydrogen-bond acceptors (Lipinski definition) is 2. The van der Waals surface area contributed by atoms with Crippen LogP contribution in [0.3, 0.4) is 0 Å². The second-order valence-electron chi connectivity index (χ2n) is 5.27. The van der Waals surface area contributed by atoms with Crippen molar-refractivity contribution in [3.8, 4) is 0 Å². The van der Waals surface area contributed by atoms with Crippen molar-refractivity contribution in [1.29, 1.82) is 0 Å². The monoisotopic (exact) mass is 263 g/mol. The van der Waals surface area contributed by atoms with E-state index < -0.39 is 0 Å². The van der Waals surface area contributed by atoms with Gasteiger partial charge in [-0.25, -0.2) is 4.79 Å². The number of aromatic amines is 1. The molecule has 2 aromatic heterocycles. The molecule has 0 aliphatic rings. The molecule has 0 atom stereocenters. The molecule has 0 fully saturated rings. The Bertz CT molecular complexity index is 1040. The number of benzene rings is 2. The molecule has 1 N–H and O–H groups in total. The van der Waals surface area contributed by atoms with E-state index in [1.807, 2.05) is 31.2 Å². The lowest BCUT2D eigenvalue weighted by Gasteiger charge is -1.99. The molecule has 4 rings (SSSR count). The third-order valence-electron chi connectivity index (χ3n) is 3.80. The lowest BCUT2D eigenvalue weighted by atomic mass is 10.1. The van der Waals surface area contributed by atoms with Crippen LogP contribution in [-0.2, 0) is 0 Å². The number of aryl methyl sites for hydroxylation is 2. The van der Waals surface area contributed by atoms with Gasteiger partial charge in [-0.15, -0.1) is 0 Å². The molecule has 4 aromatic rings. The van der Waals surface area contributed by atoms with Crippen LogP contribution in [-0.4, -0.2) is 4.98 Å². The molecule has 0 unspecified atom stereocenters. The third kappa shape index (κ3) is 1.37. The summed E-state index contributed by atoms with van der Waals surface area (Å²) in [5.74, 6) is 0. The summed E-state index contributed by atoms with van der Waals surface area (Å²) in [6, 6.07) is 11.8. The Morgan fingerprint density at radius 3 is 2.70 bits per heavy atom. The summed E-state index contributed by atoms with van der Waals surface area (Å²) in [5, 5.41) is 2.55. The molecule has 3 heteroatoms. The number of H-pyrrole nitrogens is 1. The van der Waals surface area contributed by atoms with Gasteiger partial charge in [0.25, 0.3) is 0 Å². The fourth-order valence-electron chi connectivity index (χ4n) is 3.04. The zero-order valence-electron chi connectivity index (χ0n) is 11.3. The molecule has 98 valence electrons. The second-order valence-corrected chi connectivity index (χ2v) is 5.27. The van der Waals surface area contributed by atoms with Crippen molar-refractivity contribution >= 4 is 32.8 Å². The number of aromatic nitrogens is 1. The van der Waals surface area contributed by atoms with Crippen LogP contribution in [0.1, 0.15) is 11.1 Å². The van der Waals surface area contributed by atoms with Gasteiger partial charge in [0.15, 0.2) is 0 Å². The average Bonchev–Trinajstić information content (AvgIpc) is 2.79. The van der Waals surface area contributed by atoms with Crippen molar-refractivity contribution in [2.75, 3.05) is 0 Å². The number of rotatable bonds is 0. The minimum Gasteiger partial charge on any atom is -0.422 e. The Morgan fingerprint density at radius 2 is 1.85 bits per heavy atom. The fraction of sp³-hybridized carbons (Fsp3) is 0.118. The average molecular weight is 263 g/mol. The van der Waals surface area contributed by atoms with Crippen LogP contribution >= 0.6 is 0 Å². The second kappa shape index (κ2) is 3.73. The molecular weight excluding hydrogens is 250 g/mol. The summed E-state index contributed by atoms with van der Waals surface area (Å²) < 4.78 is 5.45. The van der Waals surface area contributed by atoms with Crippen LogP contribution in [0.4, 0.5) is 0 Å². The molecule has 0 amide bonds. The Labute approximate surface area is 114 Å². The first-order valence-corrected chi connectivity index (χ1v) is 6.59. The Morgan fingerprint density at radius 1 is 1.05 bits per heavy atom. The van der Waals surface area contributed by atoms with Gasteiger partial charge in [-0.05, 0) is 43.2 Å². The predicted molar refractivity (Wildman–Crippen MR) is 81.3 cm³/mol. The van der Waals surface area contributed by atoms with Gasteiger partial charge in [0, 0.05) is 16.3 Å². The molecule has 20 heavy (non-hydrogen) atoms. The maximum atomic E-state index is 12.3. The molecule has 0 saturated heterocycles. The normalized spacial score (nSPS) is 11.7. The molecule has 2 heterocycles. The molecule has 2 aromatic carbocycles. The van der Waals surface area contributed by atoms with E-state index in [1.54, 1.807) is 0 Å². The van der Waals surface area contributed by atoms with E-state index in [9.17, 15) is 4.79 Å². The van der Waals surface area contributed by atoms with E-state index in [0.29, 0.717) is 11.0 Å². The molecule has 3 nitrogen and oxygen atoms in total. The van der Waals surface area contributed by atoms with Crippen LogP contribution in [0.5, 0.6) is 0 Å². The van der Waals surface area contributed by atoms with Gasteiger partial charge in [0.1, 0.15) is 5.58 Å². The summed E-state index contributed by atoms with van der Waals surface area (Å²) in [6.45, 7) is 4.08. The van der Waals surface area contributed by atoms with Gasteiger partial charge in [0.05, 0.1) is 10.9 Å². The van der Waals surface area contributed by atoms with Gasteiger partial charge >= 0.3 is 5.63 Å². The highest BCUT2D eigenvalue weighted by Crippen LogP contribution is 2.31. The highest BCUT2D eigenvalue weighted by Gasteiger charge is 2.14. The van der Waals surface area contributed by atoms with E-state index in [1.165, 1.54) is 5.56 Å². The van der Waals surface area contributed by atoms with Crippen LogP contribution in [0, 0.1) is 13.8 Å². The van der Waals surface area contributed by atoms with Crippen molar-refractivity contribution in [1.82, 2.24) is 4.98 Å². The van der Waals surface area contributed by atoms with Gasteiger partial charge in [-0.2, -0.15) is 0 Å². The summed E-state index contributed by atoms with van der Waals surface area (Å²) in [4.78, 5) is 15.7. The predicted octanol–water partition coefficient (Wildman–Crippen LogP) is 4.04. The highest BCUT2D eigenvalue weighted by atomic mass is 16.4. The largest absolute Gasteiger partial charge is 0.422 e. The molecule has 0 saturated carbocycles. The molecule has 0 aliphatic carbocycles. The van der Waals surface area contributed by atoms with Gasteiger partial charge in [0.2, 0.25) is 0 Å².